The molecule has 2 aliphatic carbocycles. The van der Waals surface area contributed by atoms with Gasteiger partial charge in [0.25, 0.3) is 0 Å². The molecule has 0 aliphatic heterocycles. The van der Waals surface area contributed by atoms with E-state index in [1.165, 1.54) is 32.8 Å². The topological polar surface area (TPSA) is 51.5 Å². The fourth-order valence-electron chi connectivity index (χ4n) is 2.53. The first-order valence-electron chi connectivity index (χ1n) is 6.68. The number of nitrogens with one attached hydrogen (secondary N) is 1. The molecule has 98 valence electrons. The van der Waals surface area contributed by atoms with E-state index in [9.17, 15) is 4.79 Å². The van der Waals surface area contributed by atoms with Crippen LogP contribution < -0.4 is 5.32 Å². The number of ether oxygens (including phenoxy) is 1. The van der Waals surface area contributed by atoms with E-state index in [-0.39, 0.29) is 5.76 Å². The van der Waals surface area contributed by atoms with Gasteiger partial charge in [0.15, 0.2) is 0 Å². The van der Waals surface area contributed by atoms with Gasteiger partial charge in [-0.1, -0.05) is 0 Å². The van der Waals surface area contributed by atoms with Crippen LogP contribution in [0.5, 0.6) is 0 Å². The number of furan rings is 1. The molecule has 0 aromatic carbocycles. The predicted octanol–water partition coefficient (Wildman–Crippen LogP) is 2.34. The molecule has 1 N–H and O–H groups in total. The fraction of sp³-hybridized carbons (Fsp3) is 0.643. The van der Waals surface area contributed by atoms with E-state index in [0.29, 0.717) is 12.6 Å². The van der Waals surface area contributed by atoms with Gasteiger partial charge in [0.1, 0.15) is 5.76 Å². The van der Waals surface area contributed by atoms with Crippen molar-refractivity contribution in [1.82, 2.24) is 5.32 Å². The molecule has 2 fully saturated rings. The van der Waals surface area contributed by atoms with Crippen molar-refractivity contribution in [3.05, 3.63) is 23.7 Å². The molecule has 4 nitrogen and oxygen atoms in total. The smallest absolute Gasteiger partial charge is 0.373 e. The summed E-state index contributed by atoms with van der Waals surface area (Å²) in [6.07, 6.45) is 5.44. The van der Waals surface area contributed by atoms with E-state index < -0.39 is 5.97 Å². The van der Waals surface area contributed by atoms with Gasteiger partial charge in [0, 0.05) is 6.04 Å². The first-order chi connectivity index (χ1) is 8.78. The second-order valence-corrected chi connectivity index (χ2v) is 5.34. The summed E-state index contributed by atoms with van der Waals surface area (Å²) in [6.45, 7) is 0.703. The van der Waals surface area contributed by atoms with Gasteiger partial charge in [0.05, 0.1) is 13.7 Å². The Morgan fingerprint density at radius 3 is 2.61 bits per heavy atom. The number of carbonyl (C=O) groups excluding carboxylic acids is 1. The van der Waals surface area contributed by atoms with Crippen molar-refractivity contribution in [2.45, 2.75) is 38.3 Å². The molecular weight excluding hydrogens is 230 g/mol. The van der Waals surface area contributed by atoms with Gasteiger partial charge in [-0.05, 0) is 49.7 Å². The summed E-state index contributed by atoms with van der Waals surface area (Å²) in [5.74, 6) is 2.41. The first kappa shape index (κ1) is 11.8. The monoisotopic (exact) mass is 249 g/mol. The Balaban J connectivity index is 1.55. The zero-order chi connectivity index (χ0) is 12.5. The lowest BCUT2D eigenvalue weighted by atomic mass is 10.1. The average Bonchev–Trinajstić information content (AvgIpc) is 3.29. The quantitative estimate of drug-likeness (QED) is 0.786. The summed E-state index contributed by atoms with van der Waals surface area (Å²) in [4.78, 5) is 11.3. The third-order valence-electron chi connectivity index (χ3n) is 3.82. The van der Waals surface area contributed by atoms with Crippen LogP contribution in [-0.4, -0.2) is 19.1 Å². The van der Waals surface area contributed by atoms with E-state index in [1.54, 1.807) is 6.07 Å². The van der Waals surface area contributed by atoms with Crippen molar-refractivity contribution in [3.8, 4) is 0 Å². The van der Waals surface area contributed by atoms with Crippen LogP contribution in [-0.2, 0) is 11.3 Å². The molecule has 2 aliphatic rings. The Bertz CT molecular complexity index is 420. The molecule has 0 spiro atoms. The molecule has 0 radical (unpaired) electrons. The number of esters is 1. The highest BCUT2D eigenvalue weighted by molar-refractivity contribution is 5.86. The highest BCUT2D eigenvalue weighted by Gasteiger charge is 2.41. The maximum absolute atomic E-state index is 11.3. The van der Waals surface area contributed by atoms with Crippen LogP contribution in [0.4, 0.5) is 0 Å². The Morgan fingerprint density at radius 1 is 1.39 bits per heavy atom. The van der Waals surface area contributed by atoms with Crippen molar-refractivity contribution in [1.29, 1.82) is 0 Å². The van der Waals surface area contributed by atoms with Gasteiger partial charge < -0.3 is 14.5 Å². The van der Waals surface area contributed by atoms with Crippen LogP contribution in [0.3, 0.4) is 0 Å². The largest absolute Gasteiger partial charge is 0.463 e. The number of hydrogen-bond donors (Lipinski definition) is 1. The first-order valence-corrected chi connectivity index (χ1v) is 6.68. The van der Waals surface area contributed by atoms with Gasteiger partial charge in [0.2, 0.25) is 5.76 Å². The third-order valence-corrected chi connectivity index (χ3v) is 3.82. The second-order valence-electron chi connectivity index (χ2n) is 5.34. The normalized spacial score (nSPS) is 19.2. The van der Waals surface area contributed by atoms with Crippen LogP contribution in [0.2, 0.25) is 0 Å². The fourth-order valence-corrected chi connectivity index (χ4v) is 2.53. The summed E-state index contributed by atoms with van der Waals surface area (Å²) in [5, 5.41) is 3.58. The van der Waals surface area contributed by atoms with Crippen LogP contribution in [0.25, 0.3) is 0 Å². The minimum Gasteiger partial charge on any atom is -0.463 e. The van der Waals surface area contributed by atoms with Crippen molar-refractivity contribution in [3.63, 3.8) is 0 Å². The standard InChI is InChI=1S/C14H19NO3/c1-17-14(16)12-7-6-11(18-12)8-15-13(9-2-3-9)10-4-5-10/h6-7,9-10,13,15H,2-5,8H2,1H3. The zero-order valence-corrected chi connectivity index (χ0v) is 10.6. The molecule has 0 atom stereocenters. The molecule has 3 rings (SSSR count). The summed E-state index contributed by atoms with van der Waals surface area (Å²) in [7, 11) is 1.36. The number of hydrogen-bond acceptors (Lipinski definition) is 4. The summed E-state index contributed by atoms with van der Waals surface area (Å²) in [6, 6.07) is 4.17. The van der Waals surface area contributed by atoms with Gasteiger partial charge in [-0.2, -0.15) is 0 Å². The maximum Gasteiger partial charge on any atom is 0.373 e. The molecule has 1 heterocycles. The molecule has 0 saturated heterocycles. The highest BCUT2D eigenvalue weighted by atomic mass is 16.5. The van der Waals surface area contributed by atoms with Gasteiger partial charge >= 0.3 is 5.97 Å². The van der Waals surface area contributed by atoms with Crippen molar-refractivity contribution < 1.29 is 13.9 Å². The Kier molecular flexibility index (Phi) is 3.12. The van der Waals surface area contributed by atoms with Crippen molar-refractivity contribution >= 4 is 5.97 Å². The minimum atomic E-state index is -0.415. The Morgan fingerprint density at radius 2 is 2.06 bits per heavy atom. The molecule has 18 heavy (non-hydrogen) atoms. The van der Waals surface area contributed by atoms with Crippen molar-refractivity contribution in [2.75, 3.05) is 7.11 Å². The molecule has 2 saturated carbocycles. The van der Waals surface area contributed by atoms with Crippen LogP contribution in [0, 0.1) is 11.8 Å². The van der Waals surface area contributed by atoms with E-state index in [0.717, 1.165) is 17.6 Å². The predicted molar refractivity (Wildman–Crippen MR) is 66.1 cm³/mol. The zero-order valence-electron chi connectivity index (χ0n) is 10.6. The molecule has 0 unspecified atom stereocenters. The molecule has 1 aromatic rings. The Labute approximate surface area is 107 Å². The lowest BCUT2D eigenvalue weighted by Gasteiger charge is -2.16. The van der Waals surface area contributed by atoms with Crippen LogP contribution in [0.1, 0.15) is 42.0 Å². The number of rotatable bonds is 6. The van der Waals surface area contributed by atoms with Crippen molar-refractivity contribution in [2.24, 2.45) is 11.8 Å². The molecule has 0 bridgehead atoms. The van der Waals surface area contributed by atoms with Crippen LogP contribution in [0.15, 0.2) is 16.5 Å². The molecule has 0 amide bonds. The average molecular weight is 249 g/mol. The van der Waals surface area contributed by atoms with Gasteiger partial charge in [-0.25, -0.2) is 4.79 Å². The van der Waals surface area contributed by atoms with E-state index in [1.807, 2.05) is 6.07 Å². The molecule has 4 heteroatoms. The molecule has 1 aromatic heterocycles. The van der Waals surface area contributed by atoms with E-state index in [2.05, 4.69) is 10.1 Å². The van der Waals surface area contributed by atoms with Crippen LogP contribution >= 0.6 is 0 Å². The minimum absolute atomic E-state index is 0.281. The number of methoxy groups -OCH3 is 1. The summed E-state index contributed by atoms with van der Waals surface area (Å²) < 4.78 is 10.1. The third kappa shape index (κ3) is 2.58. The Hall–Kier alpha value is -1.29. The summed E-state index contributed by atoms with van der Waals surface area (Å²) in [5.41, 5.74) is 0. The SMILES string of the molecule is COC(=O)c1ccc(CNC(C2CC2)C2CC2)o1. The highest BCUT2D eigenvalue weighted by Crippen LogP contribution is 2.44. The van der Waals surface area contributed by atoms with Gasteiger partial charge in [-0.3, -0.25) is 0 Å². The molecular formula is C14H19NO3. The lowest BCUT2D eigenvalue weighted by molar-refractivity contribution is 0.0562. The second kappa shape index (κ2) is 4.76. The lowest BCUT2D eigenvalue weighted by Crippen LogP contribution is -2.32. The van der Waals surface area contributed by atoms with E-state index in [4.69, 9.17) is 4.42 Å². The summed E-state index contributed by atoms with van der Waals surface area (Å²) >= 11 is 0. The maximum atomic E-state index is 11.3. The van der Waals surface area contributed by atoms with E-state index >= 15 is 0 Å². The van der Waals surface area contributed by atoms with Gasteiger partial charge in [-0.15, -0.1) is 0 Å². The number of carbonyl (C=O) groups is 1.